The van der Waals surface area contributed by atoms with Crippen LogP contribution in [0.15, 0.2) is 73.3 Å². The fourth-order valence-electron chi connectivity index (χ4n) is 3.07. The summed E-state index contributed by atoms with van der Waals surface area (Å²) in [5, 5.41) is 10.7. The van der Waals surface area contributed by atoms with Gasteiger partial charge in [0, 0.05) is 0 Å². The molecule has 0 aliphatic carbocycles. The quantitative estimate of drug-likeness (QED) is 0.552. The SMILES string of the molecule is C=CCOC1O[C@@H](C)[C@@H](O)[C@@H](OC(=O)c2ccccc2)[C@@H]1OC(=O)c1ccccc1. The molecular weight excluding hydrogens is 388 g/mol. The minimum atomic E-state index is -1.23. The Kier molecular flexibility index (Phi) is 7.35. The van der Waals surface area contributed by atoms with Gasteiger partial charge < -0.3 is 24.1 Å². The Labute approximate surface area is 174 Å². The highest BCUT2D eigenvalue weighted by molar-refractivity contribution is 5.90. The average molecular weight is 412 g/mol. The van der Waals surface area contributed by atoms with E-state index in [1.54, 1.807) is 67.6 Å². The first kappa shape index (κ1) is 21.7. The third-order valence-electron chi connectivity index (χ3n) is 4.64. The summed E-state index contributed by atoms with van der Waals surface area (Å²) in [5.41, 5.74) is 0.613. The second kappa shape index (κ2) is 10.2. The molecular formula is C23H24O7. The molecule has 1 saturated heterocycles. The molecule has 0 saturated carbocycles. The van der Waals surface area contributed by atoms with Gasteiger partial charge >= 0.3 is 11.9 Å². The lowest BCUT2D eigenvalue weighted by Crippen LogP contribution is -2.60. The van der Waals surface area contributed by atoms with E-state index in [0.29, 0.717) is 11.1 Å². The van der Waals surface area contributed by atoms with Gasteiger partial charge in [-0.15, -0.1) is 6.58 Å². The summed E-state index contributed by atoms with van der Waals surface area (Å²) in [6, 6.07) is 16.7. The van der Waals surface area contributed by atoms with Gasteiger partial charge in [-0.25, -0.2) is 9.59 Å². The van der Waals surface area contributed by atoms with E-state index in [-0.39, 0.29) is 6.61 Å². The standard InChI is InChI=1S/C23H24O7/c1-3-14-27-23-20(30-22(26)17-12-8-5-9-13-17)19(18(24)15(2)28-23)29-21(25)16-10-6-4-7-11-16/h3-13,15,18-20,23-24H,1,14H2,2H3/t15-,18+,19+,20-,23?/m0/s1. The van der Waals surface area contributed by atoms with Crippen LogP contribution in [0.2, 0.25) is 0 Å². The van der Waals surface area contributed by atoms with Crippen LogP contribution in [0, 0.1) is 0 Å². The second-order valence-electron chi connectivity index (χ2n) is 6.79. The van der Waals surface area contributed by atoms with Gasteiger partial charge in [0.1, 0.15) is 6.10 Å². The zero-order valence-corrected chi connectivity index (χ0v) is 16.5. The van der Waals surface area contributed by atoms with E-state index in [1.807, 2.05) is 0 Å². The lowest BCUT2D eigenvalue weighted by molar-refractivity contribution is -0.288. The van der Waals surface area contributed by atoms with Crippen LogP contribution in [0.25, 0.3) is 0 Å². The van der Waals surface area contributed by atoms with Crippen molar-refractivity contribution >= 4 is 11.9 Å². The van der Waals surface area contributed by atoms with Crippen molar-refractivity contribution in [1.29, 1.82) is 0 Å². The molecule has 1 heterocycles. The molecule has 5 atom stereocenters. The van der Waals surface area contributed by atoms with Crippen LogP contribution in [-0.4, -0.2) is 54.4 Å². The Bertz CT molecular complexity index is 852. The van der Waals surface area contributed by atoms with Crippen LogP contribution in [0.5, 0.6) is 0 Å². The number of carbonyl (C=O) groups excluding carboxylic acids is 2. The van der Waals surface area contributed by atoms with E-state index in [0.717, 1.165) is 0 Å². The molecule has 158 valence electrons. The third kappa shape index (κ3) is 5.13. The minimum absolute atomic E-state index is 0.117. The molecule has 0 spiro atoms. The number of aliphatic hydroxyl groups is 1. The molecule has 7 nitrogen and oxygen atoms in total. The van der Waals surface area contributed by atoms with Crippen LogP contribution in [-0.2, 0) is 18.9 Å². The summed E-state index contributed by atoms with van der Waals surface area (Å²) in [6.07, 6.45) is -3.86. The fourth-order valence-corrected chi connectivity index (χ4v) is 3.07. The molecule has 3 rings (SSSR count). The first-order chi connectivity index (χ1) is 14.5. The normalized spacial score (nSPS) is 25.9. The van der Waals surface area contributed by atoms with Crippen molar-refractivity contribution in [3.8, 4) is 0 Å². The molecule has 30 heavy (non-hydrogen) atoms. The summed E-state index contributed by atoms with van der Waals surface area (Å²) in [5.74, 6) is -1.31. The number of hydrogen-bond acceptors (Lipinski definition) is 7. The van der Waals surface area contributed by atoms with Gasteiger partial charge in [0.25, 0.3) is 0 Å². The molecule has 1 unspecified atom stereocenters. The van der Waals surface area contributed by atoms with Gasteiger partial charge in [-0.05, 0) is 31.2 Å². The molecule has 7 heteroatoms. The van der Waals surface area contributed by atoms with E-state index in [4.69, 9.17) is 18.9 Å². The van der Waals surface area contributed by atoms with Crippen LogP contribution in [0.4, 0.5) is 0 Å². The molecule has 0 bridgehead atoms. The van der Waals surface area contributed by atoms with Crippen molar-refractivity contribution in [2.75, 3.05) is 6.61 Å². The van der Waals surface area contributed by atoms with Crippen molar-refractivity contribution in [3.63, 3.8) is 0 Å². The van der Waals surface area contributed by atoms with Crippen molar-refractivity contribution < 1.29 is 33.6 Å². The van der Waals surface area contributed by atoms with Crippen molar-refractivity contribution in [2.24, 2.45) is 0 Å². The van der Waals surface area contributed by atoms with E-state index < -0.39 is 42.6 Å². The number of benzene rings is 2. The molecule has 1 aliphatic heterocycles. The topological polar surface area (TPSA) is 91.3 Å². The van der Waals surface area contributed by atoms with E-state index >= 15 is 0 Å². The molecule has 1 fully saturated rings. The van der Waals surface area contributed by atoms with E-state index in [2.05, 4.69) is 6.58 Å². The largest absolute Gasteiger partial charge is 0.452 e. The van der Waals surface area contributed by atoms with Gasteiger partial charge in [-0.3, -0.25) is 0 Å². The maximum Gasteiger partial charge on any atom is 0.338 e. The average Bonchev–Trinajstić information content (AvgIpc) is 2.78. The van der Waals surface area contributed by atoms with Gasteiger partial charge in [0.15, 0.2) is 18.5 Å². The number of aliphatic hydroxyl groups excluding tert-OH is 1. The Balaban J connectivity index is 1.86. The highest BCUT2D eigenvalue weighted by Gasteiger charge is 2.49. The fraction of sp³-hybridized carbons (Fsp3) is 0.304. The number of rotatable bonds is 7. The minimum Gasteiger partial charge on any atom is -0.452 e. The highest BCUT2D eigenvalue weighted by Crippen LogP contribution is 2.28. The lowest BCUT2D eigenvalue weighted by Gasteiger charge is -2.42. The van der Waals surface area contributed by atoms with Gasteiger partial charge in [0.2, 0.25) is 0 Å². The lowest BCUT2D eigenvalue weighted by atomic mass is 9.99. The zero-order valence-electron chi connectivity index (χ0n) is 16.5. The summed E-state index contributed by atoms with van der Waals surface area (Å²) in [4.78, 5) is 25.3. The third-order valence-corrected chi connectivity index (χ3v) is 4.64. The van der Waals surface area contributed by atoms with Gasteiger partial charge in [-0.1, -0.05) is 42.5 Å². The molecule has 0 aromatic heterocycles. The van der Waals surface area contributed by atoms with Crippen molar-refractivity contribution in [3.05, 3.63) is 84.4 Å². The number of esters is 2. The molecule has 1 N–H and O–H groups in total. The maximum absolute atomic E-state index is 12.6. The molecule has 2 aromatic rings. The molecule has 0 amide bonds. The summed E-state index contributed by atoms with van der Waals surface area (Å²) in [7, 11) is 0. The van der Waals surface area contributed by atoms with E-state index in [9.17, 15) is 14.7 Å². The first-order valence-corrected chi connectivity index (χ1v) is 9.59. The van der Waals surface area contributed by atoms with Crippen LogP contribution >= 0.6 is 0 Å². The number of carbonyl (C=O) groups is 2. The highest BCUT2D eigenvalue weighted by atomic mass is 16.7. The smallest absolute Gasteiger partial charge is 0.338 e. The number of ether oxygens (including phenoxy) is 4. The van der Waals surface area contributed by atoms with Crippen molar-refractivity contribution in [2.45, 2.75) is 37.6 Å². The Morgan fingerprint density at radius 2 is 1.47 bits per heavy atom. The molecule has 0 radical (unpaired) electrons. The predicted octanol–water partition coefficient (Wildman–Crippen LogP) is 2.75. The second-order valence-corrected chi connectivity index (χ2v) is 6.79. The zero-order chi connectivity index (χ0) is 21.5. The molecule has 1 aliphatic rings. The van der Waals surface area contributed by atoms with E-state index in [1.165, 1.54) is 6.08 Å². The number of hydrogen-bond donors (Lipinski definition) is 1. The van der Waals surface area contributed by atoms with Crippen LogP contribution in [0.1, 0.15) is 27.6 Å². The summed E-state index contributed by atoms with van der Waals surface area (Å²) < 4.78 is 22.4. The van der Waals surface area contributed by atoms with Crippen LogP contribution in [0.3, 0.4) is 0 Å². The van der Waals surface area contributed by atoms with Crippen molar-refractivity contribution in [1.82, 2.24) is 0 Å². The van der Waals surface area contributed by atoms with Crippen LogP contribution < -0.4 is 0 Å². The summed E-state index contributed by atoms with van der Waals surface area (Å²) in [6.45, 7) is 5.33. The Hall–Kier alpha value is -3.00. The Morgan fingerprint density at radius 3 is 1.97 bits per heavy atom. The Morgan fingerprint density at radius 1 is 0.967 bits per heavy atom. The first-order valence-electron chi connectivity index (χ1n) is 9.59. The summed E-state index contributed by atoms with van der Waals surface area (Å²) >= 11 is 0. The predicted molar refractivity (Wildman–Crippen MR) is 108 cm³/mol. The monoisotopic (exact) mass is 412 g/mol. The maximum atomic E-state index is 12.6. The van der Waals surface area contributed by atoms with Gasteiger partial charge in [-0.2, -0.15) is 0 Å². The molecule has 2 aromatic carbocycles. The van der Waals surface area contributed by atoms with Gasteiger partial charge in [0.05, 0.1) is 23.8 Å².